The average Bonchev–Trinajstić information content (AvgIpc) is 2.82. The van der Waals surface area contributed by atoms with Gasteiger partial charge in [0.1, 0.15) is 5.60 Å². The number of ether oxygens (including phenoxy) is 1. The highest BCUT2D eigenvalue weighted by Gasteiger charge is 2.39. The Kier molecular flexibility index (Phi) is 4.61. The van der Waals surface area contributed by atoms with Crippen LogP contribution < -0.4 is 10.6 Å². The van der Waals surface area contributed by atoms with Crippen molar-refractivity contribution in [3.8, 4) is 0 Å². The Morgan fingerprint density at radius 3 is 2.83 bits per heavy atom. The van der Waals surface area contributed by atoms with Crippen molar-refractivity contribution in [3.05, 3.63) is 21.3 Å². The zero-order valence-electron chi connectivity index (χ0n) is 10.3. The van der Waals surface area contributed by atoms with E-state index in [1.165, 1.54) is 11.3 Å². The number of nitrogens with one attached hydrogen (secondary N) is 2. The van der Waals surface area contributed by atoms with Crippen LogP contribution in [0.1, 0.15) is 17.7 Å². The number of carbonyl (C=O) groups excluding carboxylic acids is 1. The maximum Gasteiger partial charge on any atom is 0.252 e. The maximum absolute atomic E-state index is 12.2. The van der Waals surface area contributed by atoms with Crippen LogP contribution in [0, 0.1) is 0 Å². The summed E-state index contributed by atoms with van der Waals surface area (Å²) in [7, 11) is 1.60. The molecule has 0 unspecified atom stereocenters. The summed E-state index contributed by atoms with van der Waals surface area (Å²) in [6.07, 6.45) is 1.42. The van der Waals surface area contributed by atoms with Crippen LogP contribution in [-0.4, -0.2) is 31.7 Å². The molecule has 4 nitrogen and oxygen atoms in total. The van der Waals surface area contributed by atoms with E-state index in [0.29, 0.717) is 19.4 Å². The van der Waals surface area contributed by atoms with E-state index in [-0.39, 0.29) is 5.91 Å². The van der Waals surface area contributed by atoms with Gasteiger partial charge in [-0.3, -0.25) is 4.79 Å². The Morgan fingerprint density at radius 2 is 2.28 bits per heavy atom. The van der Waals surface area contributed by atoms with Crippen molar-refractivity contribution in [3.63, 3.8) is 0 Å². The smallest absolute Gasteiger partial charge is 0.252 e. The molecule has 1 saturated heterocycles. The Labute approximate surface area is 116 Å². The van der Waals surface area contributed by atoms with Crippen LogP contribution in [0.25, 0.3) is 0 Å². The van der Waals surface area contributed by atoms with Gasteiger partial charge in [0.25, 0.3) is 5.91 Å². The average molecular weight is 289 g/mol. The molecule has 0 spiro atoms. The molecule has 0 atom stereocenters. The van der Waals surface area contributed by atoms with Crippen molar-refractivity contribution in [2.24, 2.45) is 0 Å². The molecule has 1 aromatic rings. The van der Waals surface area contributed by atoms with Gasteiger partial charge in [-0.15, -0.1) is 11.3 Å². The molecule has 18 heavy (non-hydrogen) atoms. The highest BCUT2D eigenvalue weighted by molar-refractivity contribution is 7.16. The summed E-state index contributed by atoms with van der Waals surface area (Å²) in [5.74, 6) is -0.0315. The number of halogens is 1. The predicted octanol–water partition coefficient (Wildman–Crippen LogP) is 1.79. The van der Waals surface area contributed by atoms with Gasteiger partial charge in [-0.1, -0.05) is 11.6 Å². The van der Waals surface area contributed by atoms with Crippen LogP contribution in [0.5, 0.6) is 0 Å². The lowest BCUT2D eigenvalue weighted by atomic mass is 9.91. The van der Waals surface area contributed by atoms with Crippen molar-refractivity contribution in [2.45, 2.75) is 25.0 Å². The lowest BCUT2D eigenvalue weighted by Crippen LogP contribution is -2.53. The van der Waals surface area contributed by atoms with E-state index in [4.69, 9.17) is 16.3 Å². The fourth-order valence-corrected chi connectivity index (χ4v) is 3.16. The van der Waals surface area contributed by atoms with Crippen LogP contribution in [0.4, 0.5) is 0 Å². The van der Waals surface area contributed by atoms with Gasteiger partial charge in [0.2, 0.25) is 0 Å². The molecule has 2 heterocycles. The third-order valence-electron chi connectivity index (χ3n) is 3.27. The monoisotopic (exact) mass is 288 g/mol. The zero-order valence-corrected chi connectivity index (χ0v) is 11.9. The normalized spacial score (nSPS) is 18.6. The fraction of sp³-hybridized carbons (Fsp3) is 0.583. The summed E-state index contributed by atoms with van der Waals surface area (Å²) in [5, 5.41) is 6.16. The van der Waals surface area contributed by atoms with Gasteiger partial charge < -0.3 is 15.4 Å². The molecule has 100 valence electrons. The predicted molar refractivity (Wildman–Crippen MR) is 73.0 cm³/mol. The summed E-state index contributed by atoms with van der Waals surface area (Å²) in [6.45, 7) is 2.13. The van der Waals surface area contributed by atoms with Crippen LogP contribution in [0.3, 0.4) is 0 Å². The van der Waals surface area contributed by atoms with Gasteiger partial charge in [-0.05, 0) is 38.1 Å². The van der Waals surface area contributed by atoms with E-state index in [1.54, 1.807) is 7.11 Å². The van der Waals surface area contributed by atoms with Crippen molar-refractivity contribution in [1.29, 1.82) is 0 Å². The van der Waals surface area contributed by atoms with Crippen molar-refractivity contribution in [2.75, 3.05) is 20.2 Å². The first kappa shape index (κ1) is 13.8. The summed E-state index contributed by atoms with van der Waals surface area (Å²) in [4.78, 5) is 13.3. The molecule has 6 heteroatoms. The molecule has 1 amide bonds. The molecule has 0 bridgehead atoms. The standard InChI is InChI=1S/C12H17ClN2O2S/c1-17-12(4-6-14-7-5-12)11(16)15-8-9-2-3-10(13)18-9/h2-3,14H,4-8H2,1H3,(H,15,16). The second-order valence-corrected chi connectivity index (χ2v) is 6.14. The molecule has 0 aromatic carbocycles. The molecule has 1 fully saturated rings. The summed E-state index contributed by atoms with van der Waals surface area (Å²) < 4.78 is 6.20. The Balaban J connectivity index is 1.93. The van der Waals surface area contributed by atoms with Crippen LogP contribution in [0.2, 0.25) is 4.34 Å². The molecule has 0 saturated carbocycles. The Hall–Kier alpha value is -0.620. The third-order valence-corrected chi connectivity index (χ3v) is 4.50. The van der Waals surface area contributed by atoms with Crippen molar-refractivity contribution >= 4 is 28.8 Å². The lowest BCUT2D eigenvalue weighted by Gasteiger charge is -2.34. The largest absolute Gasteiger partial charge is 0.368 e. The molecule has 1 aliphatic heterocycles. The first-order chi connectivity index (χ1) is 8.66. The minimum atomic E-state index is -0.674. The van der Waals surface area contributed by atoms with E-state index in [2.05, 4.69) is 10.6 Å². The van der Waals surface area contributed by atoms with Gasteiger partial charge in [-0.25, -0.2) is 0 Å². The van der Waals surface area contributed by atoms with E-state index in [0.717, 1.165) is 22.3 Å². The van der Waals surface area contributed by atoms with E-state index in [9.17, 15) is 4.79 Å². The number of carbonyl (C=O) groups is 1. The third kappa shape index (κ3) is 3.03. The highest BCUT2D eigenvalue weighted by Crippen LogP contribution is 2.24. The summed E-state index contributed by atoms with van der Waals surface area (Å²) >= 11 is 7.33. The molecule has 1 aliphatic rings. The van der Waals surface area contributed by atoms with E-state index in [1.807, 2.05) is 12.1 Å². The molecular formula is C12H17ClN2O2S. The second-order valence-electron chi connectivity index (χ2n) is 4.34. The second kappa shape index (κ2) is 6.02. The summed E-state index contributed by atoms with van der Waals surface area (Å²) in [5.41, 5.74) is -0.674. The fourth-order valence-electron chi connectivity index (χ4n) is 2.13. The SMILES string of the molecule is COC1(C(=O)NCc2ccc(Cl)s2)CCNCC1. The van der Waals surface area contributed by atoms with Gasteiger partial charge in [-0.2, -0.15) is 0 Å². The number of thiophene rings is 1. The van der Waals surface area contributed by atoms with Crippen LogP contribution in [-0.2, 0) is 16.1 Å². The highest BCUT2D eigenvalue weighted by atomic mass is 35.5. The van der Waals surface area contributed by atoms with Gasteiger partial charge in [0.15, 0.2) is 0 Å². The zero-order chi connectivity index (χ0) is 13.0. The molecular weight excluding hydrogens is 272 g/mol. The minimum Gasteiger partial charge on any atom is -0.368 e. The topological polar surface area (TPSA) is 50.4 Å². The van der Waals surface area contributed by atoms with Gasteiger partial charge in [0.05, 0.1) is 10.9 Å². The molecule has 2 N–H and O–H groups in total. The molecule has 2 rings (SSSR count). The number of hydrogen-bond donors (Lipinski definition) is 2. The van der Waals surface area contributed by atoms with Crippen molar-refractivity contribution < 1.29 is 9.53 Å². The Morgan fingerprint density at radius 1 is 1.56 bits per heavy atom. The quantitative estimate of drug-likeness (QED) is 0.888. The number of hydrogen-bond acceptors (Lipinski definition) is 4. The molecule has 1 aromatic heterocycles. The number of rotatable bonds is 4. The number of amides is 1. The lowest BCUT2D eigenvalue weighted by molar-refractivity contribution is -0.146. The summed E-state index contributed by atoms with van der Waals surface area (Å²) in [6, 6.07) is 3.76. The van der Waals surface area contributed by atoms with Gasteiger partial charge >= 0.3 is 0 Å². The Bertz CT molecular complexity index is 416. The number of methoxy groups -OCH3 is 1. The molecule has 0 radical (unpaired) electrons. The maximum atomic E-state index is 12.2. The minimum absolute atomic E-state index is 0.0315. The van der Waals surface area contributed by atoms with Crippen molar-refractivity contribution in [1.82, 2.24) is 10.6 Å². The molecule has 0 aliphatic carbocycles. The first-order valence-electron chi connectivity index (χ1n) is 5.95. The first-order valence-corrected chi connectivity index (χ1v) is 7.14. The van der Waals surface area contributed by atoms with Crippen LogP contribution >= 0.6 is 22.9 Å². The van der Waals surface area contributed by atoms with Gasteiger partial charge in [0, 0.05) is 12.0 Å². The van der Waals surface area contributed by atoms with E-state index >= 15 is 0 Å². The van der Waals surface area contributed by atoms with Crippen LogP contribution in [0.15, 0.2) is 12.1 Å². The van der Waals surface area contributed by atoms with E-state index < -0.39 is 5.60 Å². The number of piperidine rings is 1.